The highest BCUT2D eigenvalue weighted by atomic mass is 19.1. The maximum Gasteiger partial charge on any atom is 0.165 e. The van der Waals surface area contributed by atoms with E-state index in [0.717, 1.165) is 5.56 Å². The van der Waals surface area contributed by atoms with E-state index < -0.39 is 18.5 Å². The molecule has 3 N–H and O–H groups in total. The molecule has 2 unspecified atom stereocenters. The summed E-state index contributed by atoms with van der Waals surface area (Å²) in [6.45, 7) is 1.38. The number of rotatable bonds is 6. The van der Waals surface area contributed by atoms with Crippen LogP contribution in [0.5, 0.6) is 5.75 Å². The van der Waals surface area contributed by atoms with Gasteiger partial charge in [-0.25, -0.2) is 4.39 Å². The van der Waals surface area contributed by atoms with Crippen LogP contribution in [0.3, 0.4) is 0 Å². The van der Waals surface area contributed by atoms with Gasteiger partial charge in [0.2, 0.25) is 0 Å². The van der Waals surface area contributed by atoms with Gasteiger partial charge in [-0.05, 0) is 31.7 Å². The zero-order chi connectivity index (χ0) is 12.8. The Bertz CT molecular complexity index is 360. The van der Waals surface area contributed by atoms with Crippen LogP contribution >= 0.6 is 0 Å². The van der Waals surface area contributed by atoms with E-state index in [1.165, 1.54) is 12.1 Å². The number of ether oxygens (including phenoxy) is 1. The lowest BCUT2D eigenvalue weighted by Crippen LogP contribution is -2.21. The van der Waals surface area contributed by atoms with Crippen LogP contribution in [0, 0.1) is 5.82 Å². The topological polar surface area (TPSA) is 61.7 Å². The average molecular weight is 243 g/mol. The molecule has 5 heteroatoms. The lowest BCUT2D eigenvalue weighted by atomic mass is 10.1. The Kier molecular flexibility index (Phi) is 5.34. The first kappa shape index (κ1) is 13.9. The van der Waals surface area contributed by atoms with Crippen molar-refractivity contribution in [1.29, 1.82) is 0 Å². The van der Waals surface area contributed by atoms with Gasteiger partial charge >= 0.3 is 0 Å². The molecule has 4 nitrogen and oxygen atoms in total. The van der Waals surface area contributed by atoms with Gasteiger partial charge in [0.25, 0.3) is 0 Å². The number of benzene rings is 1. The Hall–Kier alpha value is -1.17. The van der Waals surface area contributed by atoms with E-state index >= 15 is 0 Å². The van der Waals surface area contributed by atoms with Crippen molar-refractivity contribution in [3.63, 3.8) is 0 Å². The number of halogens is 1. The van der Waals surface area contributed by atoms with E-state index in [1.54, 1.807) is 13.1 Å². The molecule has 0 heterocycles. The molecule has 0 aliphatic carbocycles. The molecule has 0 aromatic heterocycles. The molecule has 96 valence electrons. The molecule has 1 aromatic carbocycles. The van der Waals surface area contributed by atoms with Crippen molar-refractivity contribution < 1.29 is 19.3 Å². The third-order valence-corrected chi connectivity index (χ3v) is 2.53. The van der Waals surface area contributed by atoms with Crippen molar-refractivity contribution >= 4 is 0 Å². The molecule has 0 saturated heterocycles. The van der Waals surface area contributed by atoms with E-state index in [0.29, 0.717) is 0 Å². The van der Waals surface area contributed by atoms with Gasteiger partial charge in [0, 0.05) is 6.04 Å². The Labute approximate surface area is 100 Å². The molecule has 0 spiro atoms. The molecular weight excluding hydrogens is 225 g/mol. The van der Waals surface area contributed by atoms with Gasteiger partial charge < -0.3 is 20.3 Å². The fraction of sp³-hybridized carbons (Fsp3) is 0.500. The number of hydrogen-bond donors (Lipinski definition) is 3. The SMILES string of the molecule is CNC(C)c1ccc(OCC(O)CO)c(F)c1. The zero-order valence-electron chi connectivity index (χ0n) is 9.98. The second kappa shape index (κ2) is 6.54. The fourth-order valence-electron chi connectivity index (χ4n) is 1.31. The van der Waals surface area contributed by atoms with E-state index in [1.807, 2.05) is 6.92 Å². The van der Waals surface area contributed by atoms with Crippen LogP contribution in [-0.4, -0.2) is 36.6 Å². The number of nitrogens with one attached hydrogen (secondary N) is 1. The van der Waals surface area contributed by atoms with Crippen LogP contribution in [-0.2, 0) is 0 Å². The van der Waals surface area contributed by atoms with Crippen molar-refractivity contribution in [2.75, 3.05) is 20.3 Å². The van der Waals surface area contributed by atoms with Crippen molar-refractivity contribution in [1.82, 2.24) is 5.32 Å². The van der Waals surface area contributed by atoms with Gasteiger partial charge in [0.05, 0.1) is 6.61 Å². The van der Waals surface area contributed by atoms with Crippen LogP contribution in [0.1, 0.15) is 18.5 Å². The van der Waals surface area contributed by atoms with Gasteiger partial charge in [-0.3, -0.25) is 0 Å². The Morgan fingerprint density at radius 2 is 2.18 bits per heavy atom. The Balaban J connectivity index is 2.69. The zero-order valence-corrected chi connectivity index (χ0v) is 9.98. The summed E-state index contributed by atoms with van der Waals surface area (Å²) in [5.41, 5.74) is 0.819. The first-order valence-electron chi connectivity index (χ1n) is 5.47. The molecule has 0 fully saturated rings. The minimum atomic E-state index is -0.995. The molecule has 1 aromatic rings. The van der Waals surface area contributed by atoms with E-state index in [-0.39, 0.29) is 18.4 Å². The number of aliphatic hydroxyl groups excluding tert-OH is 2. The highest BCUT2D eigenvalue weighted by Crippen LogP contribution is 2.21. The molecular formula is C12H18FNO3. The minimum Gasteiger partial charge on any atom is -0.488 e. The monoisotopic (exact) mass is 243 g/mol. The summed E-state index contributed by atoms with van der Waals surface area (Å²) in [6, 6.07) is 4.72. The first-order chi connectivity index (χ1) is 8.08. The van der Waals surface area contributed by atoms with Crippen LogP contribution in [0.15, 0.2) is 18.2 Å². The maximum absolute atomic E-state index is 13.6. The van der Waals surface area contributed by atoms with Crippen molar-refractivity contribution in [3.05, 3.63) is 29.6 Å². The predicted molar refractivity (Wildman–Crippen MR) is 62.5 cm³/mol. The smallest absolute Gasteiger partial charge is 0.165 e. The molecule has 0 saturated carbocycles. The van der Waals surface area contributed by atoms with Gasteiger partial charge in [-0.1, -0.05) is 6.07 Å². The van der Waals surface area contributed by atoms with Crippen LogP contribution in [0.4, 0.5) is 4.39 Å². The Morgan fingerprint density at radius 3 is 2.71 bits per heavy atom. The molecule has 0 amide bonds. The number of hydrogen-bond acceptors (Lipinski definition) is 4. The average Bonchev–Trinajstić information content (AvgIpc) is 2.35. The highest BCUT2D eigenvalue weighted by molar-refractivity contribution is 5.30. The quantitative estimate of drug-likeness (QED) is 0.693. The highest BCUT2D eigenvalue weighted by Gasteiger charge is 2.10. The predicted octanol–water partition coefficient (Wildman–Crippen LogP) is 0.838. The summed E-state index contributed by atoms with van der Waals surface area (Å²) in [5, 5.41) is 20.7. The summed E-state index contributed by atoms with van der Waals surface area (Å²) in [7, 11) is 1.80. The first-order valence-corrected chi connectivity index (χ1v) is 5.47. The van der Waals surface area contributed by atoms with Crippen molar-refractivity contribution in [2.24, 2.45) is 0 Å². The summed E-state index contributed by atoms with van der Waals surface area (Å²) in [6.07, 6.45) is -0.995. The molecule has 0 radical (unpaired) electrons. The lowest BCUT2D eigenvalue weighted by molar-refractivity contribution is 0.0523. The van der Waals surface area contributed by atoms with E-state index in [9.17, 15) is 4.39 Å². The van der Waals surface area contributed by atoms with Crippen LogP contribution in [0.2, 0.25) is 0 Å². The van der Waals surface area contributed by atoms with Crippen molar-refractivity contribution in [3.8, 4) is 5.75 Å². The molecule has 0 aliphatic heterocycles. The van der Waals surface area contributed by atoms with Crippen LogP contribution in [0.25, 0.3) is 0 Å². The standard InChI is InChI=1S/C12H18FNO3/c1-8(14-2)9-3-4-12(11(13)5-9)17-7-10(16)6-15/h3-5,8,10,14-16H,6-7H2,1-2H3. The minimum absolute atomic E-state index is 0.0570. The normalized spacial score (nSPS) is 14.4. The maximum atomic E-state index is 13.6. The molecule has 17 heavy (non-hydrogen) atoms. The summed E-state index contributed by atoms with van der Waals surface area (Å²) < 4.78 is 18.7. The molecule has 0 aliphatic rings. The van der Waals surface area contributed by atoms with Gasteiger partial charge in [-0.15, -0.1) is 0 Å². The third-order valence-electron chi connectivity index (χ3n) is 2.53. The van der Waals surface area contributed by atoms with Gasteiger partial charge in [0.15, 0.2) is 11.6 Å². The Morgan fingerprint density at radius 1 is 1.47 bits per heavy atom. The van der Waals surface area contributed by atoms with Gasteiger partial charge in [0.1, 0.15) is 12.7 Å². The fourth-order valence-corrected chi connectivity index (χ4v) is 1.31. The summed E-state index contributed by atoms with van der Waals surface area (Å²) >= 11 is 0. The largest absolute Gasteiger partial charge is 0.488 e. The third kappa shape index (κ3) is 3.96. The van der Waals surface area contributed by atoms with E-state index in [2.05, 4.69) is 5.32 Å². The van der Waals surface area contributed by atoms with Crippen LogP contribution < -0.4 is 10.1 Å². The second-order valence-electron chi connectivity index (χ2n) is 3.85. The number of aliphatic hydroxyl groups is 2. The molecule has 1 rings (SSSR count). The molecule has 0 bridgehead atoms. The lowest BCUT2D eigenvalue weighted by Gasteiger charge is -2.14. The van der Waals surface area contributed by atoms with Gasteiger partial charge in [-0.2, -0.15) is 0 Å². The second-order valence-corrected chi connectivity index (χ2v) is 3.85. The summed E-state index contributed by atoms with van der Waals surface area (Å²) in [4.78, 5) is 0. The van der Waals surface area contributed by atoms with Crippen molar-refractivity contribution in [2.45, 2.75) is 19.1 Å². The summed E-state index contributed by atoms with van der Waals surface area (Å²) in [5.74, 6) is -0.403. The van der Waals surface area contributed by atoms with E-state index in [4.69, 9.17) is 14.9 Å². The molecule has 2 atom stereocenters.